The number of rotatable bonds is 4. The maximum absolute atomic E-state index is 12.6. The number of nitrogens with one attached hydrogen (secondary N) is 2. The lowest BCUT2D eigenvalue weighted by molar-refractivity contribution is 0.0919. The summed E-state index contributed by atoms with van der Waals surface area (Å²) < 4.78 is 5.21. The van der Waals surface area contributed by atoms with Crippen LogP contribution in [0, 0.1) is 12.8 Å². The molecule has 1 amide bonds. The van der Waals surface area contributed by atoms with Gasteiger partial charge in [-0.1, -0.05) is 19.1 Å². The highest BCUT2D eigenvalue weighted by atomic mass is 32.1. The summed E-state index contributed by atoms with van der Waals surface area (Å²) in [7, 11) is 1.66. The topological polar surface area (TPSA) is 50.4 Å². The van der Waals surface area contributed by atoms with E-state index in [0.29, 0.717) is 5.92 Å². The minimum atomic E-state index is 0.0309. The van der Waals surface area contributed by atoms with E-state index >= 15 is 0 Å². The van der Waals surface area contributed by atoms with Crippen molar-refractivity contribution in [2.24, 2.45) is 5.92 Å². The van der Waals surface area contributed by atoms with E-state index in [0.717, 1.165) is 46.1 Å². The van der Waals surface area contributed by atoms with Gasteiger partial charge in [0.2, 0.25) is 0 Å². The Labute approximate surface area is 147 Å². The fourth-order valence-electron chi connectivity index (χ4n) is 3.07. The van der Waals surface area contributed by atoms with Crippen LogP contribution in [-0.4, -0.2) is 32.1 Å². The highest BCUT2D eigenvalue weighted by Gasteiger charge is 2.24. The van der Waals surface area contributed by atoms with Gasteiger partial charge in [-0.15, -0.1) is 11.3 Å². The quantitative estimate of drug-likeness (QED) is 0.893. The number of carbonyl (C=O) groups excluding carboxylic acids is 1. The summed E-state index contributed by atoms with van der Waals surface area (Å²) in [6.07, 6.45) is 1.10. The molecule has 5 heteroatoms. The summed E-state index contributed by atoms with van der Waals surface area (Å²) >= 11 is 1.55. The third-order valence-electron chi connectivity index (χ3n) is 4.69. The molecule has 2 heterocycles. The Morgan fingerprint density at radius 1 is 1.33 bits per heavy atom. The van der Waals surface area contributed by atoms with Gasteiger partial charge >= 0.3 is 0 Å². The average molecular weight is 344 g/mol. The lowest BCUT2D eigenvalue weighted by atomic mass is 9.95. The van der Waals surface area contributed by atoms with E-state index in [1.165, 1.54) is 0 Å². The largest absolute Gasteiger partial charge is 0.497 e. The van der Waals surface area contributed by atoms with Crippen molar-refractivity contribution < 1.29 is 9.53 Å². The Bertz CT molecular complexity index is 709. The van der Waals surface area contributed by atoms with E-state index < -0.39 is 0 Å². The molecule has 3 rings (SSSR count). The van der Waals surface area contributed by atoms with Crippen molar-refractivity contribution in [2.75, 3.05) is 20.2 Å². The van der Waals surface area contributed by atoms with Crippen LogP contribution < -0.4 is 15.4 Å². The molecular weight excluding hydrogens is 320 g/mol. The predicted octanol–water partition coefficient (Wildman–Crippen LogP) is 3.46. The van der Waals surface area contributed by atoms with Gasteiger partial charge in [-0.3, -0.25) is 4.79 Å². The number of benzene rings is 1. The zero-order chi connectivity index (χ0) is 17.1. The number of methoxy groups -OCH3 is 1. The van der Waals surface area contributed by atoms with Crippen molar-refractivity contribution in [1.29, 1.82) is 0 Å². The first-order valence-electron chi connectivity index (χ1n) is 8.35. The maximum atomic E-state index is 12.6. The minimum absolute atomic E-state index is 0.0309. The van der Waals surface area contributed by atoms with E-state index in [1.807, 2.05) is 30.3 Å². The van der Waals surface area contributed by atoms with Crippen LogP contribution in [0.5, 0.6) is 5.75 Å². The van der Waals surface area contributed by atoms with Crippen LogP contribution in [0.2, 0.25) is 0 Å². The molecule has 0 aliphatic carbocycles. The Morgan fingerprint density at radius 2 is 2.08 bits per heavy atom. The number of hydrogen-bond donors (Lipinski definition) is 2. The molecule has 0 bridgehead atoms. The third-order valence-corrected chi connectivity index (χ3v) is 5.74. The van der Waals surface area contributed by atoms with Crippen molar-refractivity contribution >= 4 is 17.2 Å². The lowest BCUT2D eigenvalue weighted by Crippen LogP contribution is -2.50. The molecule has 24 heavy (non-hydrogen) atoms. The number of carbonyl (C=O) groups is 1. The average Bonchev–Trinajstić information content (AvgIpc) is 2.99. The van der Waals surface area contributed by atoms with Gasteiger partial charge in [0.15, 0.2) is 0 Å². The molecule has 0 radical (unpaired) electrons. The summed E-state index contributed by atoms with van der Waals surface area (Å²) in [5, 5.41) is 6.54. The van der Waals surface area contributed by atoms with E-state index in [2.05, 4.69) is 24.5 Å². The summed E-state index contributed by atoms with van der Waals surface area (Å²) in [6, 6.07) is 10.2. The SMILES string of the molecule is COc1ccc(-c2cc(C(=O)NC3CNCCC3C)sc2C)cc1. The summed E-state index contributed by atoms with van der Waals surface area (Å²) in [5.41, 5.74) is 2.22. The normalized spacial score (nSPS) is 20.6. The Kier molecular flexibility index (Phi) is 5.21. The van der Waals surface area contributed by atoms with Crippen molar-refractivity contribution in [3.63, 3.8) is 0 Å². The van der Waals surface area contributed by atoms with Crippen molar-refractivity contribution in [3.8, 4) is 16.9 Å². The summed E-state index contributed by atoms with van der Waals surface area (Å²) in [6.45, 7) is 6.15. The van der Waals surface area contributed by atoms with Gasteiger partial charge in [-0.05, 0) is 55.1 Å². The molecule has 1 saturated heterocycles. The highest BCUT2D eigenvalue weighted by Crippen LogP contribution is 2.32. The van der Waals surface area contributed by atoms with Gasteiger partial charge in [0, 0.05) is 17.5 Å². The number of amides is 1. The Morgan fingerprint density at radius 3 is 2.75 bits per heavy atom. The first-order chi connectivity index (χ1) is 11.6. The third kappa shape index (κ3) is 3.62. The molecule has 2 unspecified atom stereocenters. The van der Waals surface area contributed by atoms with Crippen LogP contribution in [0.25, 0.3) is 11.1 Å². The Balaban J connectivity index is 1.76. The van der Waals surface area contributed by atoms with E-state index in [-0.39, 0.29) is 11.9 Å². The van der Waals surface area contributed by atoms with Crippen LogP contribution in [0.4, 0.5) is 0 Å². The molecule has 1 aliphatic rings. The molecule has 4 nitrogen and oxygen atoms in total. The minimum Gasteiger partial charge on any atom is -0.497 e. The summed E-state index contributed by atoms with van der Waals surface area (Å²) in [4.78, 5) is 14.5. The van der Waals surface area contributed by atoms with Crippen molar-refractivity contribution in [2.45, 2.75) is 26.3 Å². The molecule has 1 aromatic carbocycles. The van der Waals surface area contributed by atoms with Crippen LogP contribution in [0.1, 0.15) is 27.9 Å². The van der Waals surface area contributed by atoms with Gasteiger partial charge in [0.1, 0.15) is 5.75 Å². The molecule has 2 N–H and O–H groups in total. The van der Waals surface area contributed by atoms with Crippen LogP contribution in [0.15, 0.2) is 30.3 Å². The number of aryl methyl sites for hydroxylation is 1. The van der Waals surface area contributed by atoms with E-state index in [1.54, 1.807) is 18.4 Å². The molecule has 1 aromatic heterocycles. The van der Waals surface area contributed by atoms with Gasteiger partial charge in [0.05, 0.1) is 12.0 Å². The second-order valence-electron chi connectivity index (χ2n) is 6.36. The number of hydrogen-bond acceptors (Lipinski definition) is 4. The molecule has 128 valence electrons. The zero-order valence-corrected chi connectivity index (χ0v) is 15.2. The monoisotopic (exact) mass is 344 g/mol. The molecule has 2 atom stereocenters. The standard InChI is InChI=1S/C19H24N2O2S/c1-12-8-9-20-11-17(12)21-19(22)18-10-16(13(2)24-18)14-4-6-15(23-3)7-5-14/h4-7,10,12,17,20H,8-9,11H2,1-3H3,(H,21,22). The van der Waals surface area contributed by atoms with Crippen molar-refractivity contribution in [1.82, 2.24) is 10.6 Å². The second-order valence-corrected chi connectivity index (χ2v) is 7.62. The fraction of sp³-hybridized carbons (Fsp3) is 0.421. The number of thiophene rings is 1. The van der Waals surface area contributed by atoms with Crippen LogP contribution in [0.3, 0.4) is 0 Å². The van der Waals surface area contributed by atoms with Gasteiger partial charge in [0.25, 0.3) is 5.91 Å². The van der Waals surface area contributed by atoms with E-state index in [9.17, 15) is 4.79 Å². The van der Waals surface area contributed by atoms with Crippen LogP contribution >= 0.6 is 11.3 Å². The second kappa shape index (κ2) is 7.36. The fourth-order valence-corrected chi connectivity index (χ4v) is 4.02. The van der Waals surface area contributed by atoms with Crippen molar-refractivity contribution in [3.05, 3.63) is 40.1 Å². The number of piperidine rings is 1. The molecule has 1 fully saturated rings. The molecule has 1 aliphatic heterocycles. The number of ether oxygens (including phenoxy) is 1. The molecular formula is C19H24N2O2S. The molecule has 0 spiro atoms. The highest BCUT2D eigenvalue weighted by molar-refractivity contribution is 7.14. The van der Waals surface area contributed by atoms with Gasteiger partial charge < -0.3 is 15.4 Å². The molecule has 0 saturated carbocycles. The Hall–Kier alpha value is -1.85. The first kappa shape index (κ1) is 17.0. The van der Waals surface area contributed by atoms with E-state index in [4.69, 9.17) is 4.74 Å². The molecule has 2 aromatic rings. The van der Waals surface area contributed by atoms with Gasteiger partial charge in [-0.2, -0.15) is 0 Å². The summed E-state index contributed by atoms with van der Waals surface area (Å²) in [5.74, 6) is 1.38. The van der Waals surface area contributed by atoms with Gasteiger partial charge in [-0.25, -0.2) is 0 Å². The first-order valence-corrected chi connectivity index (χ1v) is 9.16. The predicted molar refractivity (Wildman–Crippen MR) is 98.9 cm³/mol. The lowest BCUT2D eigenvalue weighted by Gasteiger charge is -2.30. The van der Waals surface area contributed by atoms with Crippen LogP contribution in [-0.2, 0) is 0 Å². The smallest absolute Gasteiger partial charge is 0.261 e. The zero-order valence-electron chi connectivity index (χ0n) is 14.4. The maximum Gasteiger partial charge on any atom is 0.261 e.